The van der Waals surface area contributed by atoms with Crippen molar-refractivity contribution in [1.82, 2.24) is 20.3 Å². The second-order valence-corrected chi connectivity index (χ2v) is 5.43. The van der Waals surface area contributed by atoms with E-state index in [1.54, 1.807) is 6.20 Å². The van der Waals surface area contributed by atoms with Crippen molar-refractivity contribution in [2.24, 2.45) is 0 Å². The Balaban J connectivity index is 1.78. The van der Waals surface area contributed by atoms with Crippen LogP contribution in [-0.4, -0.2) is 21.5 Å². The Hall–Kier alpha value is -1.68. The van der Waals surface area contributed by atoms with Gasteiger partial charge in [0.2, 0.25) is 0 Å². The fraction of sp³-hybridized carbons (Fsp3) is 0.529. The van der Waals surface area contributed by atoms with Crippen LogP contribution in [0.2, 0.25) is 0 Å². The van der Waals surface area contributed by atoms with Gasteiger partial charge in [0.15, 0.2) is 0 Å². The monoisotopic (exact) mass is 286 g/mol. The first kappa shape index (κ1) is 15.7. The summed E-state index contributed by atoms with van der Waals surface area (Å²) in [7, 11) is 0. The van der Waals surface area contributed by atoms with E-state index in [0.717, 1.165) is 19.5 Å². The lowest BCUT2D eigenvalue weighted by Crippen LogP contribution is -2.23. The molecule has 114 valence electrons. The van der Waals surface area contributed by atoms with Gasteiger partial charge in [-0.3, -0.25) is 4.68 Å². The Morgan fingerprint density at radius 1 is 1.14 bits per heavy atom. The van der Waals surface area contributed by atoms with Gasteiger partial charge in [-0.25, -0.2) is 0 Å². The lowest BCUT2D eigenvalue weighted by Gasteiger charge is -2.19. The lowest BCUT2D eigenvalue weighted by molar-refractivity contribution is 0.449. The minimum Gasteiger partial charge on any atom is -0.310 e. The van der Waals surface area contributed by atoms with Crippen molar-refractivity contribution in [2.45, 2.75) is 51.6 Å². The molecular formula is C17H26N4. The van der Waals surface area contributed by atoms with Crippen molar-refractivity contribution in [3.05, 3.63) is 48.3 Å². The number of hydrogen-bond donors (Lipinski definition) is 1. The molecule has 0 saturated carbocycles. The van der Waals surface area contributed by atoms with Crippen LogP contribution >= 0.6 is 0 Å². The van der Waals surface area contributed by atoms with Gasteiger partial charge in [0, 0.05) is 18.8 Å². The maximum atomic E-state index is 3.99. The smallest absolute Gasteiger partial charge is 0.0692 e. The summed E-state index contributed by atoms with van der Waals surface area (Å²) in [4.78, 5) is 0. The number of nitrogens with one attached hydrogen (secondary N) is 1. The van der Waals surface area contributed by atoms with E-state index in [0.29, 0.717) is 6.04 Å². The summed E-state index contributed by atoms with van der Waals surface area (Å²) in [6.07, 6.45) is 9.78. The van der Waals surface area contributed by atoms with Crippen molar-refractivity contribution in [3.8, 4) is 0 Å². The van der Waals surface area contributed by atoms with Gasteiger partial charge in [0.1, 0.15) is 0 Å². The van der Waals surface area contributed by atoms with Crippen LogP contribution in [0.5, 0.6) is 0 Å². The Morgan fingerprint density at radius 2 is 2.00 bits per heavy atom. The normalized spacial score (nSPS) is 12.4. The van der Waals surface area contributed by atoms with Gasteiger partial charge in [-0.05, 0) is 24.9 Å². The fourth-order valence-corrected chi connectivity index (χ4v) is 2.54. The van der Waals surface area contributed by atoms with Crippen LogP contribution in [0.15, 0.2) is 42.7 Å². The average Bonchev–Trinajstić information content (AvgIpc) is 3.04. The van der Waals surface area contributed by atoms with Gasteiger partial charge in [-0.15, -0.1) is 5.10 Å². The van der Waals surface area contributed by atoms with Gasteiger partial charge in [-0.1, -0.05) is 61.7 Å². The van der Waals surface area contributed by atoms with E-state index < -0.39 is 0 Å². The molecule has 0 amide bonds. The molecule has 0 aliphatic carbocycles. The highest BCUT2D eigenvalue weighted by atomic mass is 15.4. The van der Waals surface area contributed by atoms with Crippen molar-refractivity contribution in [2.75, 3.05) is 6.54 Å². The van der Waals surface area contributed by atoms with Crippen molar-refractivity contribution < 1.29 is 0 Å². The van der Waals surface area contributed by atoms with Crippen LogP contribution in [0.3, 0.4) is 0 Å². The first-order valence-electron chi connectivity index (χ1n) is 8.02. The second-order valence-electron chi connectivity index (χ2n) is 5.43. The van der Waals surface area contributed by atoms with Crippen molar-refractivity contribution in [1.29, 1.82) is 0 Å². The minimum atomic E-state index is 0.466. The topological polar surface area (TPSA) is 42.7 Å². The molecule has 4 heteroatoms. The summed E-state index contributed by atoms with van der Waals surface area (Å²) >= 11 is 0. The third kappa shape index (κ3) is 5.68. The molecule has 2 aromatic rings. The van der Waals surface area contributed by atoms with Crippen LogP contribution < -0.4 is 5.32 Å². The van der Waals surface area contributed by atoms with Gasteiger partial charge in [0.25, 0.3) is 0 Å². The summed E-state index contributed by atoms with van der Waals surface area (Å²) in [5.74, 6) is 0. The van der Waals surface area contributed by atoms with E-state index in [-0.39, 0.29) is 0 Å². The number of hydrogen-bond acceptors (Lipinski definition) is 3. The molecular weight excluding hydrogens is 260 g/mol. The zero-order valence-corrected chi connectivity index (χ0v) is 12.9. The number of benzene rings is 1. The minimum absolute atomic E-state index is 0.466. The maximum absolute atomic E-state index is 3.99. The molecule has 2 rings (SSSR count). The molecule has 1 unspecified atom stereocenters. The van der Waals surface area contributed by atoms with Gasteiger partial charge >= 0.3 is 0 Å². The highest BCUT2D eigenvalue weighted by molar-refractivity contribution is 5.18. The zero-order valence-electron chi connectivity index (χ0n) is 12.9. The van der Waals surface area contributed by atoms with E-state index in [4.69, 9.17) is 0 Å². The largest absolute Gasteiger partial charge is 0.310 e. The Labute approximate surface area is 127 Å². The Morgan fingerprint density at radius 3 is 2.71 bits per heavy atom. The van der Waals surface area contributed by atoms with E-state index in [1.165, 1.54) is 31.2 Å². The number of unbranched alkanes of at least 4 members (excludes halogenated alkanes) is 2. The predicted molar refractivity (Wildman–Crippen MR) is 86.0 cm³/mol. The first-order valence-corrected chi connectivity index (χ1v) is 8.02. The maximum Gasteiger partial charge on any atom is 0.0692 e. The summed E-state index contributed by atoms with van der Waals surface area (Å²) in [5.41, 5.74) is 1.40. The number of aryl methyl sites for hydroxylation is 1. The Kier molecular flexibility index (Phi) is 6.95. The van der Waals surface area contributed by atoms with E-state index in [9.17, 15) is 0 Å². The Bertz CT molecular complexity index is 467. The van der Waals surface area contributed by atoms with Crippen LogP contribution in [0.4, 0.5) is 0 Å². The number of aromatic nitrogens is 3. The molecule has 0 aliphatic rings. The number of nitrogens with zero attached hydrogens (tertiary/aromatic N) is 3. The summed E-state index contributed by atoms with van der Waals surface area (Å²) < 4.78 is 1.89. The second kappa shape index (κ2) is 9.29. The third-order valence-electron chi connectivity index (χ3n) is 3.72. The summed E-state index contributed by atoms with van der Waals surface area (Å²) in [5, 5.41) is 11.5. The standard InChI is InChI=1S/C17H26N4/c1-2-3-5-11-17(16-9-6-4-7-10-16)18-12-8-14-21-15-13-19-20-21/h4,6-7,9-10,13,15,17-18H,2-3,5,8,11-12,14H2,1H3. The van der Waals surface area contributed by atoms with E-state index in [2.05, 4.69) is 52.9 Å². The molecule has 1 aromatic heterocycles. The third-order valence-corrected chi connectivity index (χ3v) is 3.72. The molecule has 1 atom stereocenters. The molecule has 1 N–H and O–H groups in total. The first-order chi connectivity index (χ1) is 10.4. The molecule has 21 heavy (non-hydrogen) atoms. The zero-order chi connectivity index (χ0) is 14.8. The summed E-state index contributed by atoms with van der Waals surface area (Å²) in [6.45, 7) is 4.18. The van der Waals surface area contributed by atoms with Crippen molar-refractivity contribution in [3.63, 3.8) is 0 Å². The van der Waals surface area contributed by atoms with Crippen LogP contribution in [0, 0.1) is 0 Å². The lowest BCUT2D eigenvalue weighted by atomic mass is 10.0. The molecule has 4 nitrogen and oxygen atoms in total. The molecule has 0 fully saturated rings. The SMILES string of the molecule is CCCCCC(NCCCn1ccnn1)c1ccccc1. The summed E-state index contributed by atoms with van der Waals surface area (Å²) in [6, 6.07) is 11.2. The fourth-order valence-electron chi connectivity index (χ4n) is 2.54. The van der Waals surface area contributed by atoms with Crippen LogP contribution in [0.1, 0.15) is 50.6 Å². The molecule has 0 bridgehead atoms. The highest BCUT2D eigenvalue weighted by Gasteiger charge is 2.09. The average molecular weight is 286 g/mol. The number of rotatable bonds is 10. The van der Waals surface area contributed by atoms with E-state index in [1.807, 2.05) is 10.9 Å². The molecule has 0 radical (unpaired) electrons. The molecule has 1 aromatic carbocycles. The van der Waals surface area contributed by atoms with Crippen molar-refractivity contribution >= 4 is 0 Å². The van der Waals surface area contributed by atoms with Crippen LogP contribution in [0.25, 0.3) is 0 Å². The quantitative estimate of drug-likeness (QED) is 0.679. The van der Waals surface area contributed by atoms with Gasteiger partial charge in [-0.2, -0.15) is 0 Å². The molecule has 0 aliphatic heterocycles. The predicted octanol–water partition coefficient (Wildman–Crippen LogP) is 3.58. The molecule has 0 saturated heterocycles. The van der Waals surface area contributed by atoms with Gasteiger partial charge in [0.05, 0.1) is 6.20 Å². The molecule has 0 spiro atoms. The van der Waals surface area contributed by atoms with Gasteiger partial charge < -0.3 is 5.32 Å². The van der Waals surface area contributed by atoms with Crippen LogP contribution in [-0.2, 0) is 6.54 Å². The highest BCUT2D eigenvalue weighted by Crippen LogP contribution is 2.19. The molecule has 1 heterocycles. The van der Waals surface area contributed by atoms with E-state index >= 15 is 0 Å².